The Labute approximate surface area is 153 Å². The fourth-order valence-corrected chi connectivity index (χ4v) is 2.83. The third kappa shape index (κ3) is 5.98. The van der Waals surface area contributed by atoms with E-state index in [2.05, 4.69) is 19.9 Å². The van der Waals surface area contributed by atoms with E-state index in [-0.39, 0.29) is 6.04 Å². The van der Waals surface area contributed by atoms with Crippen LogP contribution in [0.3, 0.4) is 0 Å². The maximum absolute atomic E-state index is 10.5. The van der Waals surface area contributed by atoms with Gasteiger partial charge in [0.05, 0.1) is 23.9 Å². The van der Waals surface area contributed by atoms with Gasteiger partial charge in [-0.25, -0.2) is 0 Å². The predicted octanol–water partition coefficient (Wildman–Crippen LogP) is 4.30. The van der Waals surface area contributed by atoms with Gasteiger partial charge in [-0.15, -0.1) is 0 Å². The molecule has 0 spiro atoms. The summed E-state index contributed by atoms with van der Waals surface area (Å²) in [5.41, 5.74) is 9.67. The zero-order valence-electron chi connectivity index (χ0n) is 16.7. The minimum Gasteiger partial charge on any atom is -0.386 e. The summed E-state index contributed by atoms with van der Waals surface area (Å²) >= 11 is 0. The van der Waals surface area contributed by atoms with Gasteiger partial charge in [-0.3, -0.25) is 5.01 Å². The van der Waals surface area contributed by atoms with E-state index >= 15 is 0 Å². The molecule has 0 aromatic heterocycles. The molecule has 0 saturated heterocycles. The second-order valence-corrected chi connectivity index (χ2v) is 6.93. The van der Waals surface area contributed by atoms with Gasteiger partial charge in [-0.2, -0.15) is 5.10 Å². The monoisotopic (exact) mass is 345 g/mol. The summed E-state index contributed by atoms with van der Waals surface area (Å²) in [4.78, 5) is 0. The van der Waals surface area contributed by atoms with Crippen LogP contribution in [0.2, 0.25) is 0 Å². The molecule has 0 bridgehead atoms. The SMILES string of the molecule is C/C=C/C=C(\CC)C1=NN(/C(C)=C/C=C(\C)C(C)(O)CCC)CC1N. The van der Waals surface area contributed by atoms with Crippen LogP contribution in [0.1, 0.15) is 60.8 Å². The van der Waals surface area contributed by atoms with E-state index in [1.165, 1.54) is 5.57 Å². The topological polar surface area (TPSA) is 61.8 Å². The summed E-state index contributed by atoms with van der Waals surface area (Å²) in [6, 6.07) is -0.0759. The van der Waals surface area contributed by atoms with Gasteiger partial charge in [0, 0.05) is 5.70 Å². The highest BCUT2D eigenvalue weighted by atomic mass is 16.3. The van der Waals surface area contributed by atoms with E-state index < -0.39 is 5.60 Å². The van der Waals surface area contributed by atoms with Crippen molar-refractivity contribution in [1.82, 2.24) is 5.01 Å². The van der Waals surface area contributed by atoms with Crippen LogP contribution in [0.5, 0.6) is 0 Å². The van der Waals surface area contributed by atoms with Gasteiger partial charge >= 0.3 is 0 Å². The molecule has 0 aliphatic carbocycles. The first-order chi connectivity index (χ1) is 11.8. The first-order valence-electron chi connectivity index (χ1n) is 9.28. The quantitative estimate of drug-likeness (QED) is 0.645. The van der Waals surface area contributed by atoms with Crippen LogP contribution in [0.4, 0.5) is 0 Å². The van der Waals surface area contributed by atoms with Crippen molar-refractivity contribution in [2.24, 2.45) is 10.8 Å². The number of hydrazone groups is 1. The molecule has 4 nitrogen and oxygen atoms in total. The van der Waals surface area contributed by atoms with Crippen molar-refractivity contribution < 1.29 is 5.11 Å². The molecule has 2 atom stereocenters. The van der Waals surface area contributed by atoms with Crippen LogP contribution >= 0.6 is 0 Å². The number of hydrogen-bond acceptors (Lipinski definition) is 4. The van der Waals surface area contributed by atoms with Crippen LogP contribution in [0.25, 0.3) is 0 Å². The highest BCUT2D eigenvalue weighted by Crippen LogP contribution is 2.23. The van der Waals surface area contributed by atoms with Gasteiger partial charge < -0.3 is 10.8 Å². The first kappa shape index (κ1) is 21.4. The van der Waals surface area contributed by atoms with Gasteiger partial charge in [0.1, 0.15) is 0 Å². The summed E-state index contributed by atoms with van der Waals surface area (Å²) < 4.78 is 0. The van der Waals surface area contributed by atoms with Crippen LogP contribution in [0, 0.1) is 0 Å². The van der Waals surface area contributed by atoms with Gasteiger partial charge in [0.2, 0.25) is 0 Å². The molecule has 0 saturated carbocycles. The van der Waals surface area contributed by atoms with Crippen molar-refractivity contribution in [3.63, 3.8) is 0 Å². The first-order valence-corrected chi connectivity index (χ1v) is 9.28. The Kier molecular flexibility index (Phi) is 8.33. The van der Waals surface area contributed by atoms with Gasteiger partial charge in [0.15, 0.2) is 0 Å². The Hall–Kier alpha value is -1.65. The molecule has 1 aliphatic heterocycles. The van der Waals surface area contributed by atoms with E-state index in [0.29, 0.717) is 6.54 Å². The van der Waals surface area contributed by atoms with E-state index in [9.17, 15) is 5.11 Å². The third-order valence-electron chi connectivity index (χ3n) is 4.72. The molecule has 1 heterocycles. The smallest absolute Gasteiger partial charge is 0.0829 e. The second kappa shape index (κ2) is 9.73. The molecule has 1 aliphatic rings. The van der Waals surface area contributed by atoms with Crippen molar-refractivity contribution in [1.29, 1.82) is 0 Å². The number of nitrogens with two attached hydrogens (primary N) is 1. The lowest BCUT2D eigenvalue weighted by Crippen LogP contribution is -2.33. The molecule has 2 unspecified atom stereocenters. The molecule has 140 valence electrons. The summed E-state index contributed by atoms with van der Waals surface area (Å²) in [7, 11) is 0. The van der Waals surface area contributed by atoms with E-state index in [4.69, 9.17) is 10.8 Å². The number of aliphatic hydroxyl groups is 1. The van der Waals surface area contributed by atoms with Crippen molar-refractivity contribution in [2.45, 2.75) is 72.4 Å². The molecule has 0 radical (unpaired) electrons. The third-order valence-corrected chi connectivity index (χ3v) is 4.72. The normalized spacial score (nSPS) is 22.6. The minimum absolute atomic E-state index is 0.0759. The highest BCUT2D eigenvalue weighted by molar-refractivity contribution is 6.05. The standard InChI is InChI=1S/C21H35N3O/c1-7-10-11-18(9-3)20-19(22)15-24(23-20)17(5)13-12-16(4)21(6,25)14-8-2/h7,10-13,19,25H,8-9,14-15,22H2,1-6H3/b10-7+,16-12+,17-13+,18-11+. The van der Waals surface area contributed by atoms with Gasteiger partial charge in [-0.1, -0.05) is 44.6 Å². The van der Waals surface area contributed by atoms with E-state index in [0.717, 1.165) is 36.2 Å². The number of rotatable bonds is 8. The van der Waals surface area contributed by atoms with E-state index in [1.807, 2.05) is 57.0 Å². The van der Waals surface area contributed by atoms with Crippen LogP contribution in [0.15, 0.2) is 52.3 Å². The minimum atomic E-state index is -0.758. The lowest BCUT2D eigenvalue weighted by molar-refractivity contribution is 0.0882. The average molecular weight is 346 g/mol. The predicted molar refractivity (Wildman–Crippen MR) is 108 cm³/mol. The fraction of sp³-hybridized carbons (Fsp3) is 0.571. The van der Waals surface area contributed by atoms with Crippen molar-refractivity contribution in [3.8, 4) is 0 Å². The average Bonchev–Trinajstić information content (AvgIpc) is 2.95. The molecular formula is C21H35N3O. The molecule has 0 aromatic carbocycles. The summed E-state index contributed by atoms with van der Waals surface area (Å²) in [5.74, 6) is 0. The molecule has 0 aromatic rings. The zero-order valence-corrected chi connectivity index (χ0v) is 16.7. The van der Waals surface area contributed by atoms with Crippen LogP contribution in [-0.4, -0.2) is 34.0 Å². The lowest BCUT2D eigenvalue weighted by Gasteiger charge is -2.23. The van der Waals surface area contributed by atoms with Crippen LogP contribution in [-0.2, 0) is 0 Å². The Balaban J connectivity index is 2.98. The molecule has 3 N–H and O–H groups in total. The molecular weight excluding hydrogens is 310 g/mol. The summed E-state index contributed by atoms with van der Waals surface area (Å²) in [6.45, 7) is 12.8. The summed E-state index contributed by atoms with van der Waals surface area (Å²) in [5, 5.41) is 17.1. The number of nitrogens with zero attached hydrogens (tertiary/aromatic N) is 2. The Morgan fingerprint density at radius 2 is 2.00 bits per heavy atom. The van der Waals surface area contributed by atoms with E-state index in [1.54, 1.807) is 0 Å². The molecule has 1 rings (SSSR count). The molecule has 0 fully saturated rings. The van der Waals surface area contributed by atoms with Crippen molar-refractivity contribution in [2.75, 3.05) is 6.54 Å². The number of hydrogen-bond donors (Lipinski definition) is 2. The second-order valence-electron chi connectivity index (χ2n) is 6.93. The maximum Gasteiger partial charge on any atom is 0.0829 e. The van der Waals surface area contributed by atoms with Gasteiger partial charge in [-0.05, 0) is 57.8 Å². The van der Waals surface area contributed by atoms with Crippen LogP contribution < -0.4 is 5.73 Å². The van der Waals surface area contributed by atoms with Gasteiger partial charge in [0.25, 0.3) is 0 Å². The van der Waals surface area contributed by atoms with Crippen molar-refractivity contribution >= 4 is 5.71 Å². The molecule has 0 amide bonds. The highest BCUT2D eigenvalue weighted by Gasteiger charge is 2.26. The largest absolute Gasteiger partial charge is 0.386 e. The number of allylic oxidation sites excluding steroid dienone is 6. The lowest BCUT2D eigenvalue weighted by atomic mass is 9.92. The molecule has 4 heteroatoms. The molecule has 25 heavy (non-hydrogen) atoms. The fourth-order valence-electron chi connectivity index (χ4n) is 2.83. The summed E-state index contributed by atoms with van der Waals surface area (Å²) in [6.07, 6.45) is 12.7. The Bertz CT molecular complexity index is 594. The maximum atomic E-state index is 10.5. The zero-order chi connectivity index (χ0) is 19.0. The Morgan fingerprint density at radius 3 is 2.56 bits per heavy atom. The van der Waals surface area contributed by atoms with Crippen molar-refractivity contribution in [3.05, 3.63) is 47.2 Å². The Morgan fingerprint density at radius 1 is 1.32 bits per heavy atom.